The van der Waals surface area contributed by atoms with Crippen LogP contribution in [0, 0.1) is 0 Å². The van der Waals surface area contributed by atoms with Crippen LogP contribution in [-0.2, 0) is 14.3 Å². The van der Waals surface area contributed by atoms with Crippen molar-refractivity contribution in [3.8, 4) is 17.2 Å². The topological polar surface area (TPSA) is 103 Å². The summed E-state index contributed by atoms with van der Waals surface area (Å²) in [5.41, 5.74) is 3.49. The summed E-state index contributed by atoms with van der Waals surface area (Å²) in [6, 6.07) is 9.79. The minimum Gasteiger partial charge on any atom is -0.497 e. The lowest BCUT2D eigenvalue weighted by Crippen LogP contribution is -2.44. The van der Waals surface area contributed by atoms with Crippen molar-refractivity contribution in [3.05, 3.63) is 56.9 Å². The summed E-state index contributed by atoms with van der Waals surface area (Å²) < 4.78 is 21.6. The molecule has 1 aliphatic rings. The number of methoxy groups -OCH3 is 2. The van der Waals surface area contributed by atoms with Crippen LogP contribution in [0.2, 0.25) is 0 Å². The highest BCUT2D eigenvalue weighted by Gasteiger charge is 2.34. The first-order chi connectivity index (χ1) is 16.8. The van der Waals surface area contributed by atoms with E-state index < -0.39 is 17.8 Å². The van der Waals surface area contributed by atoms with E-state index in [9.17, 15) is 14.4 Å². The van der Waals surface area contributed by atoms with Crippen LogP contribution in [0.4, 0.5) is 0 Å². The van der Waals surface area contributed by atoms with E-state index in [0.717, 1.165) is 16.8 Å². The minimum atomic E-state index is -0.508. The molecule has 3 rings (SSSR count). The fourth-order valence-electron chi connectivity index (χ4n) is 2.92. The van der Waals surface area contributed by atoms with Gasteiger partial charge in [-0.1, -0.05) is 11.8 Å². The van der Waals surface area contributed by atoms with Gasteiger partial charge in [-0.15, -0.1) is 0 Å². The second-order valence-electron chi connectivity index (χ2n) is 6.81. The molecule has 0 bridgehead atoms. The average Bonchev–Trinajstić information content (AvgIpc) is 3.10. The lowest BCUT2D eigenvalue weighted by atomic mass is 10.2. The van der Waals surface area contributed by atoms with Crippen LogP contribution in [0.3, 0.4) is 0 Å². The largest absolute Gasteiger partial charge is 0.497 e. The van der Waals surface area contributed by atoms with Gasteiger partial charge < -0.3 is 18.9 Å². The number of ether oxygens (including phenoxy) is 4. The number of nitrogens with zero attached hydrogens (tertiary/aromatic N) is 1. The molecule has 1 heterocycles. The molecular weight excluding hydrogens is 560 g/mol. The zero-order chi connectivity index (χ0) is 25.5. The van der Waals surface area contributed by atoms with E-state index >= 15 is 0 Å². The Morgan fingerprint density at radius 3 is 2.51 bits per heavy atom. The molecule has 2 amide bonds. The summed E-state index contributed by atoms with van der Waals surface area (Å²) >= 11 is 9.74. The predicted octanol–water partition coefficient (Wildman–Crippen LogP) is 3.95. The molecule has 0 unspecified atom stereocenters. The molecule has 1 aliphatic heterocycles. The number of esters is 1. The van der Waals surface area contributed by atoms with Crippen molar-refractivity contribution in [2.45, 2.75) is 6.92 Å². The zero-order valence-corrected chi connectivity index (χ0v) is 22.2. The number of hydrazine groups is 1. The van der Waals surface area contributed by atoms with Gasteiger partial charge in [0.15, 0.2) is 22.4 Å². The fourth-order valence-corrected chi connectivity index (χ4v) is 4.67. The van der Waals surface area contributed by atoms with Gasteiger partial charge in [-0.05, 0) is 83.1 Å². The standard InChI is InChI=1S/C23H21BrN2O7S2/c1-4-32-19(27)12-33-20-16(24)9-13(10-17(20)31-3)11-18-22(29)26(23(34)35-18)25-21(28)14-5-7-15(30-2)8-6-14/h5-11H,4,12H2,1-3H3,(H,25,28)/b18-11-. The molecule has 0 aliphatic carbocycles. The molecule has 9 nitrogen and oxygen atoms in total. The maximum Gasteiger partial charge on any atom is 0.344 e. The number of carbonyl (C=O) groups is 3. The number of hydrogen-bond acceptors (Lipinski definition) is 9. The van der Waals surface area contributed by atoms with Crippen LogP contribution in [0.25, 0.3) is 6.08 Å². The van der Waals surface area contributed by atoms with E-state index in [1.54, 1.807) is 49.4 Å². The molecule has 1 fully saturated rings. The molecule has 0 spiro atoms. The van der Waals surface area contributed by atoms with Crippen LogP contribution in [0.1, 0.15) is 22.8 Å². The third-order valence-corrected chi connectivity index (χ3v) is 6.44. The van der Waals surface area contributed by atoms with Crippen LogP contribution in [-0.4, -0.2) is 54.5 Å². The quantitative estimate of drug-likeness (QED) is 0.268. The molecule has 1 N–H and O–H groups in total. The van der Waals surface area contributed by atoms with Crippen molar-refractivity contribution < 1.29 is 33.3 Å². The lowest BCUT2D eigenvalue weighted by Gasteiger charge is -2.15. The third-order valence-electron chi connectivity index (χ3n) is 4.55. The van der Waals surface area contributed by atoms with E-state index in [1.807, 2.05) is 0 Å². The van der Waals surface area contributed by atoms with Crippen molar-refractivity contribution in [2.75, 3.05) is 27.4 Å². The predicted molar refractivity (Wildman–Crippen MR) is 138 cm³/mol. The number of rotatable bonds is 9. The molecule has 0 atom stereocenters. The van der Waals surface area contributed by atoms with E-state index in [-0.39, 0.29) is 17.5 Å². The van der Waals surface area contributed by atoms with E-state index in [0.29, 0.717) is 37.8 Å². The van der Waals surface area contributed by atoms with Crippen molar-refractivity contribution in [1.29, 1.82) is 0 Å². The Bertz CT molecular complexity index is 1190. The number of carbonyl (C=O) groups excluding carboxylic acids is 3. The monoisotopic (exact) mass is 580 g/mol. The Kier molecular flexibility index (Phi) is 9.13. The Hall–Kier alpha value is -3.09. The highest BCUT2D eigenvalue weighted by Crippen LogP contribution is 2.39. The van der Waals surface area contributed by atoms with Gasteiger partial charge in [0.2, 0.25) is 0 Å². The van der Waals surface area contributed by atoms with Gasteiger partial charge in [0.1, 0.15) is 5.75 Å². The summed E-state index contributed by atoms with van der Waals surface area (Å²) in [6.07, 6.45) is 1.61. The summed E-state index contributed by atoms with van der Waals surface area (Å²) in [5.74, 6) is -0.201. The number of amides is 2. The van der Waals surface area contributed by atoms with Crippen molar-refractivity contribution in [1.82, 2.24) is 10.4 Å². The van der Waals surface area contributed by atoms with Gasteiger partial charge in [-0.3, -0.25) is 15.0 Å². The summed E-state index contributed by atoms with van der Waals surface area (Å²) in [7, 11) is 2.98. The summed E-state index contributed by atoms with van der Waals surface area (Å²) in [5, 5.41) is 1.03. The molecule has 12 heteroatoms. The van der Waals surface area contributed by atoms with E-state index in [1.165, 1.54) is 14.2 Å². The van der Waals surface area contributed by atoms with Crippen LogP contribution < -0.4 is 19.6 Å². The molecule has 1 saturated heterocycles. The molecule has 35 heavy (non-hydrogen) atoms. The van der Waals surface area contributed by atoms with E-state index in [4.69, 9.17) is 31.2 Å². The summed E-state index contributed by atoms with van der Waals surface area (Å²) in [6.45, 7) is 1.67. The Morgan fingerprint density at radius 2 is 1.89 bits per heavy atom. The number of benzene rings is 2. The van der Waals surface area contributed by atoms with Crippen LogP contribution in [0.15, 0.2) is 45.8 Å². The first-order valence-electron chi connectivity index (χ1n) is 10.2. The lowest BCUT2D eigenvalue weighted by molar-refractivity contribution is -0.145. The third kappa shape index (κ3) is 6.53. The average molecular weight is 581 g/mol. The number of nitrogens with one attached hydrogen (secondary N) is 1. The Morgan fingerprint density at radius 1 is 1.17 bits per heavy atom. The molecule has 184 valence electrons. The molecule has 2 aromatic carbocycles. The van der Waals surface area contributed by atoms with Crippen LogP contribution in [0.5, 0.6) is 17.2 Å². The van der Waals surface area contributed by atoms with Gasteiger partial charge in [0.25, 0.3) is 11.8 Å². The maximum absolute atomic E-state index is 12.9. The van der Waals surface area contributed by atoms with Crippen molar-refractivity contribution >= 4 is 68.1 Å². The van der Waals surface area contributed by atoms with Crippen LogP contribution >= 0.6 is 39.9 Å². The number of halogens is 1. The van der Waals surface area contributed by atoms with Gasteiger partial charge in [-0.25, -0.2) is 4.79 Å². The smallest absolute Gasteiger partial charge is 0.344 e. The minimum absolute atomic E-state index is 0.184. The fraction of sp³-hybridized carbons (Fsp3) is 0.217. The molecule has 0 saturated carbocycles. The summed E-state index contributed by atoms with van der Waals surface area (Å²) in [4.78, 5) is 37.4. The van der Waals surface area contributed by atoms with Gasteiger partial charge in [0, 0.05) is 5.56 Å². The number of thiocarbonyl (C=S) groups is 1. The maximum atomic E-state index is 12.9. The first kappa shape index (κ1) is 26.5. The first-order valence-corrected chi connectivity index (χ1v) is 12.2. The van der Waals surface area contributed by atoms with Gasteiger partial charge in [0.05, 0.1) is 30.2 Å². The molecule has 0 radical (unpaired) electrons. The Balaban J connectivity index is 1.76. The van der Waals surface area contributed by atoms with E-state index in [2.05, 4.69) is 21.4 Å². The number of thioether (sulfide) groups is 1. The second kappa shape index (κ2) is 12.0. The van der Waals surface area contributed by atoms with Gasteiger partial charge >= 0.3 is 5.97 Å². The van der Waals surface area contributed by atoms with Crippen molar-refractivity contribution in [3.63, 3.8) is 0 Å². The molecular formula is C23H21BrN2O7S2. The SMILES string of the molecule is CCOC(=O)COc1c(Br)cc(/C=C2\SC(=S)N(NC(=O)c3ccc(OC)cc3)C2=O)cc1OC. The van der Waals surface area contributed by atoms with Crippen molar-refractivity contribution in [2.24, 2.45) is 0 Å². The van der Waals surface area contributed by atoms with Gasteiger partial charge in [-0.2, -0.15) is 5.01 Å². The molecule has 0 aromatic heterocycles. The zero-order valence-electron chi connectivity index (χ0n) is 19.0. The normalized spacial score (nSPS) is 14.2. The second-order valence-corrected chi connectivity index (χ2v) is 9.34. The Labute approximate surface area is 219 Å². The highest BCUT2D eigenvalue weighted by atomic mass is 79.9. The highest BCUT2D eigenvalue weighted by molar-refractivity contribution is 9.10. The molecule has 2 aromatic rings. The number of hydrogen-bond donors (Lipinski definition) is 1.